The Labute approximate surface area is 139 Å². The number of nitrogens with zero attached hydrogens (tertiary/aromatic N) is 2. The monoisotopic (exact) mass is 373 g/mol. The number of hydrogen-bond donors (Lipinski definition) is 2. The van der Waals surface area contributed by atoms with Crippen LogP contribution in [0.1, 0.15) is 10.4 Å². The second-order valence-electron chi connectivity index (χ2n) is 4.72. The third-order valence-electron chi connectivity index (χ3n) is 3.30. The van der Waals surface area contributed by atoms with E-state index in [9.17, 15) is 9.90 Å². The van der Waals surface area contributed by atoms with Crippen molar-refractivity contribution in [3.8, 4) is 11.6 Å². The lowest BCUT2D eigenvalue weighted by Gasteiger charge is -1.99. The minimum Gasteiger partial charge on any atom is -0.495 e. The van der Waals surface area contributed by atoms with E-state index in [-0.39, 0.29) is 11.6 Å². The zero-order valence-electron chi connectivity index (χ0n) is 12.1. The molecule has 1 aromatic heterocycles. The molecule has 1 amide bonds. The largest absolute Gasteiger partial charge is 0.495 e. The van der Waals surface area contributed by atoms with Crippen LogP contribution in [0.4, 0.5) is 5.69 Å². The van der Waals surface area contributed by atoms with Gasteiger partial charge in [-0.05, 0) is 30.3 Å². The van der Waals surface area contributed by atoms with Crippen molar-refractivity contribution in [1.82, 2.24) is 4.98 Å². The number of nitrogens with one attached hydrogen (secondary N) is 1. The number of aromatic nitrogens is 1. The van der Waals surface area contributed by atoms with Gasteiger partial charge in [-0.25, -0.2) is 0 Å². The number of aromatic hydroxyl groups is 1. The van der Waals surface area contributed by atoms with Gasteiger partial charge in [-0.15, -0.1) is 10.2 Å². The van der Waals surface area contributed by atoms with E-state index in [4.69, 9.17) is 4.74 Å². The van der Waals surface area contributed by atoms with Crippen LogP contribution in [0.3, 0.4) is 0 Å². The van der Waals surface area contributed by atoms with Crippen LogP contribution >= 0.6 is 15.9 Å². The van der Waals surface area contributed by atoms with Gasteiger partial charge in [0, 0.05) is 15.4 Å². The molecule has 0 spiro atoms. The Bertz CT molecular complexity index is 901. The van der Waals surface area contributed by atoms with Crippen LogP contribution in [-0.4, -0.2) is 23.1 Å². The number of H-pyrrole nitrogens is 1. The molecule has 3 rings (SSSR count). The normalized spacial score (nSPS) is 11.2. The Hall–Kier alpha value is -2.67. The highest BCUT2D eigenvalue weighted by Gasteiger charge is 2.14. The van der Waals surface area contributed by atoms with E-state index in [1.165, 1.54) is 7.11 Å². The van der Waals surface area contributed by atoms with E-state index in [2.05, 4.69) is 31.1 Å². The molecule has 3 aromatic rings. The molecule has 0 radical (unpaired) electrons. The highest BCUT2D eigenvalue weighted by Crippen LogP contribution is 2.39. The molecule has 0 aliphatic heterocycles. The van der Waals surface area contributed by atoms with Gasteiger partial charge in [-0.1, -0.05) is 28.1 Å². The van der Waals surface area contributed by atoms with Crippen LogP contribution in [-0.2, 0) is 0 Å². The fourth-order valence-electron chi connectivity index (χ4n) is 2.18. The summed E-state index contributed by atoms with van der Waals surface area (Å²) in [6.07, 6.45) is 0. The predicted molar refractivity (Wildman–Crippen MR) is 89.5 cm³/mol. The van der Waals surface area contributed by atoms with Crippen molar-refractivity contribution in [2.24, 2.45) is 10.2 Å². The van der Waals surface area contributed by atoms with Crippen molar-refractivity contribution in [3.63, 3.8) is 0 Å². The quantitative estimate of drug-likeness (QED) is 0.659. The van der Waals surface area contributed by atoms with Crippen LogP contribution in [0.5, 0.6) is 11.6 Å². The first-order chi connectivity index (χ1) is 11.1. The number of azo groups is 1. The van der Waals surface area contributed by atoms with Gasteiger partial charge in [0.25, 0.3) is 5.91 Å². The van der Waals surface area contributed by atoms with Crippen LogP contribution < -0.4 is 4.74 Å². The number of carbonyl (C=O) groups is 1. The fraction of sp³-hybridized carbons (Fsp3) is 0.0625. The molecule has 2 N–H and O–H groups in total. The predicted octanol–water partition coefficient (Wildman–Crippen LogP) is 4.57. The number of methoxy groups -OCH3 is 1. The molecule has 23 heavy (non-hydrogen) atoms. The minimum absolute atomic E-state index is 0.170. The van der Waals surface area contributed by atoms with Gasteiger partial charge >= 0.3 is 0 Å². The van der Waals surface area contributed by atoms with Crippen LogP contribution in [0, 0.1) is 0 Å². The second kappa shape index (κ2) is 6.21. The number of rotatable bonds is 3. The number of amides is 1. The Kier molecular flexibility index (Phi) is 4.12. The van der Waals surface area contributed by atoms with E-state index >= 15 is 0 Å². The van der Waals surface area contributed by atoms with Crippen molar-refractivity contribution in [1.29, 1.82) is 0 Å². The first kappa shape index (κ1) is 15.2. The maximum atomic E-state index is 12.0. The molecule has 0 fully saturated rings. The zero-order valence-corrected chi connectivity index (χ0v) is 13.7. The van der Waals surface area contributed by atoms with E-state index in [1.807, 2.05) is 0 Å². The van der Waals surface area contributed by atoms with Gasteiger partial charge in [-0.3, -0.25) is 4.79 Å². The smallest absolute Gasteiger partial charge is 0.295 e. The summed E-state index contributed by atoms with van der Waals surface area (Å²) in [6.45, 7) is 0. The van der Waals surface area contributed by atoms with Crippen molar-refractivity contribution in [2.45, 2.75) is 0 Å². The van der Waals surface area contributed by atoms with Gasteiger partial charge in [0.2, 0.25) is 5.88 Å². The van der Waals surface area contributed by atoms with Gasteiger partial charge in [0.15, 0.2) is 5.69 Å². The summed E-state index contributed by atoms with van der Waals surface area (Å²) < 4.78 is 6.08. The minimum atomic E-state index is -0.492. The molecule has 0 saturated heterocycles. The molecule has 0 aliphatic rings. The molecule has 1 heterocycles. The van der Waals surface area contributed by atoms with E-state index in [0.29, 0.717) is 22.2 Å². The lowest BCUT2D eigenvalue weighted by molar-refractivity contribution is 0.0995. The summed E-state index contributed by atoms with van der Waals surface area (Å²) in [5, 5.41) is 18.2. The summed E-state index contributed by atoms with van der Waals surface area (Å²) in [7, 11) is 1.53. The van der Waals surface area contributed by atoms with Gasteiger partial charge in [0.1, 0.15) is 5.75 Å². The Morgan fingerprint density at radius 2 is 1.96 bits per heavy atom. The Balaban J connectivity index is 1.96. The molecule has 2 aromatic carbocycles. The number of benzene rings is 2. The average molecular weight is 374 g/mol. The Morgan fingerprint density at radius 1 is 1.22 bits per heavy atom. The number of para-hydroxylation sites is 1. The number of halogens is 1. The van der Waals surface area contributed by atoms with Gasteiger partial charge in [0.05, 0.1) is 12.6 Å². The average Bonchev–Trinajstić information content (AvgIpc) is 2.88. The maximum absolute atomic E-state index is 12.0. The van der Waals surface area contributed by atoms with Crippen molar-refractivity contribution < 1.29 is 14.6 Å². The molecule has 0 saturated carbocycles. The summed E-state index contributed by atoms with van der Waals surface area (Å²) in [5.74, 6) is -0.0931. The number of aromatic amines is 1. The molecule has 0 atom stereocenters. The molecular formula is C16H12BrN3O3. The highest BCUT2D eigenvalue weighted by atomic mass is 79.9. The molecule has 0 unspecified atom stereocenters. The summed E-state index contributed by atoms with van der Waals surface area (Å²) >= 11 is 3.30. The van der Waals surface area contributed by atoms with E-state index in [1.54, 1.807) is 42.5 Å². The standard InChI is InChI=1S/C16H12BrN3O3/c1-23-12-4-2-3-11-13(12)18-16(22)14(11)19-20-15(21)9-5-7-10(17)8-6-9/h2-8,18,22H,1H3. The first-order valence-electron chi connectivity index (χ1n) is 6.69. The molecule has 116 valence electrons. The SMILES string of the molecule is COc1cccc2c(N=NC(=O)c3ccc(Br)cc3)c(O)[nH]c12. The van der Waals surface area contributed by atoms with Crippen molar-refractivity contribution in [2.75, 3.05) is 7.11 Å². The van der Waals surface area contributed by atoms with E-state index < -0.39 is 5.91 Å². The molecule has 0 bridgehead atoms. The molecular weight excluding hydrogens is 362 g/mol. The number of fused-ring (bicyclic) bond motifs is 1. The zero-order chi connectivity index (χ0) is 16.4. The molecule has 6 nitrogen and oxygen atoms in total. The Morgan fingerprint density at radius 3 is 2.65 bits per heavy atom. The van der Waals surface area contributed by atoms with Crippen LogP contribution in [0.15, 0.2) is 57.2 Å². The second-order valence-corrected chi connectivity index (χ2v) is 5.63. The third-order valence-corrected chi connectivity index (χ3v) is 3.83. The number of ether oxygens (including phenoxy) is 1. The van der Waals surface area contributed by atoms with Gasteiger partial charge in [-0.2, -0.15) is 0 Å². The molecule has 7 heteroatoms. The third kappa shape index (κ3) is 2.95. The lowest BCUT2D eigenvalue weighted by atomic mass is 10.2. The number of hydrogen-bond acceptors (Lipinski definition) is 4. The fourth-order valence-corrected chi connectivity index (χ4v) is 2.44. The van der Waals surface area contributed by atoms with Crippen LogP contribution in [0.2, 0.25) is 0 Å². The first-order valence-corrected chi connectivity index (χ1v) is 7.48. The van der Waals surface area contributed by atoms with Crippen LogP contribution in [0.25, 0.3) is 10.9 Å². The lowest BCUT2D eigenvalue weighted by Crippen LogP contribution is -1.92. The number of carbonyl (C=O) groups excluding carboxylic acids is 1. The highest BCUT2D eigenvalue weighted by molar-refractivity contribution is 9.10. The molecule has 0 aliphatic carbocycles. The summed E-state index contributed by atoms with van der Waals surface area (Å²) in [5.41, 5.74) is 1.20. The maximum Gasteiger partial charge on any atom is 0.295 e. The summed E-state index contributed by atoms with van der Waals surface area (Å²) in [6, 6.07) is 12.1. The van der Waals surface area contributed by atoms with Gasteiger partial charge < -0.3 is 14.8 Å². The van der Waals surface area contributed by atoms with Crippen molar-refractivity contribution >= 4 is 38.4 Å². The van der Waals surface area contributed by atoms with Crippen molar-refractivity contribution in [3.05, 3.63) is 52.5 Å². The summed E-state index contributed by atoms with van der Waals surface area (Å²) in [4.78, 5) is 14.8. The topological polar surface area (TPSA) is 87.0 Å². The van der Waals surface area contributed by atoms with E-state index in [0.717, 1.165) is 4.47 Å².